The van der Waals surface area contributed by atoms with Gasteiger partial charge in [-0.3, -0.25) is 9.36 Å². The van der Waals surface area contributed by atoms with Crippen LogP contribution in [0.25, 0.3) is 5.69 Å². The van der Waals surface area contributed by atoms with Crippen LogP contribution in [0.15, 0.2) is 42.9 Å². The number of morpholine rings is 1. The molecule has 0 radical (unpaired) electrons. The highest BCUT2D eigenvalue weighted by Crippen LogP contribution is 2.15. The first kappa shape index (κ1) is 14.3. The molecule has 1 N–H and O–H groups in total. The lowest BCUT2D eigenvalue weighted by Gasteiger charge is -2.30. The Labute approximate surface area is 126 Å². The molecular formula is C15H15N3O4. The van der Waals surface area contributed by atoms with E-state index in [0.717, 1.165) is 5.69 Å². The molecule has 0 bridgehead atoms. The van der Waals surface area contributed by atoms with Crippen molar-refractivity contribution in [3.05, 3.63) is 48.5 Å². The van der Waals surface area contributed by atoms with Gasteiger partial charge in [0.25, 0.3) is 5.91 Å². The van der Waals surface area contributed by atoms with Gasteiger partial charge >= 0.3 is 5.97 Å². The fourth-order valence-electron chi connectivity index (χ4n) is 2.39. The highest BCUT2D eigenvalue weighted by atomic mass is 16.5. The van der Waals surface area contributed by atoms with Crippen LogP contribution in [0.1, 0.15) is 10.5 Å². The lowest BCUT2D eigenvalue weighted by Crippen LogP contribution is -2.48. The molecule has 0 aliphatic carbocycles. The molecule has 1 amide bonds. The Morgan fingerprint density at radius 2 is 2.05 bits per heavy atom. The number of amides is 1. The van der Waals surface area contributed by atoms with Crippen LogP contribution in [0.4, 0.5) is 0 Å². The molecule has 22 heavy (non-hydrogen) atoms. The molecule has 0 spiro atoms. The summed E-state index contributed by atoms with van der Waals surface area (Å²) >= 11 is 0. The van der Waals surface area contributed by atoms with E-state index in [1.54, 1.807) is 10.9 Å². The molecule has 0 unspecified atom stereocenters. The Bertz CT molecular complexity index is 683. The Kier molecular flexibility index (Phi) is 3.88. The van der Waals surface area contributed by atoms with Crippen molar-refractivity contribution in [1.29, 1.82) is 0 Å². The Hall–Kier alpha value is -2.67. The van der Waals surface area contributed by atoms with Crippen LogP contribution >= 0.6 is 0 Å². The highest BCUT2D eigenvalue weighted by molar-refractivity contribution is 5.93. The fourth-order valence-corrected chi connectivity index (χ4v) is 2.39. The summed E-state index contributed by atoms with van der Waals surface area (Å²) in [4.78, 5) is 29.2. The van der Waals surface area contributed by atoms with Gasteiger partial charge in [0, 0.05) is 12.2 Å². The van der Waals surface area contributed by atoms with E-state index >= 15 is 0 Å². The van der Waals surface area contributed by atoms with Gasteiger partial charge in [-0.2, -0.15) is 0 Å². The van der Waals surface area contributed by atoms with E-state index in [-0.39, 0.29) is 19.1 Å². The number of hydrogen-bond acceptors (Lipinski definition) is 4. The lowest BCUT2D eigenvalue weighted by atomic mass is 10.2. The van der Waals surface area contributed by atoms with Crippen molar-refractivity contribution < 1.29 is 19.4 Å². The van der Waals surface area contributed by atoms with Gasteiger partial charge in [-0.25, -0.2) is 9.78 Å². The number of aliphatic carboxylic acids is 1. The fraction of sp³-hybridized carbons (Fsp3) is 0.267. The van der Waals surface area contributed by atoms with Gasteiger partial charge in [0.15, 0.2) is 6.10 Å². The normalized spacial score (nSPS) is 18.2. The van der Waals surface area contributed by atoms with Crippen molar-refractivity contribution in [2.45, 2.75) is 6.10 Å². The summed E-state index contributed by atoms with van der Waals surface area (Å²) in [5.41, 5.74) is 1.23. The average molecular weight is 301 g/mol. The zero-order valence-electron chi connectivity index (χ0n) is 11.8. The van der Waals surface area contributed by atoms with Crippen molar-refractivity contribution in [1.82, 2.24) is 14.5 Å². The Morgan fingerprint density at radius 1 is 1.27 bits per heavy atom. The van der Waals surface area contributed by atoms with E-state index in [0.29, 0.717) is 12.2 Å². The summed E-state index contributed by atoms with van der Waals surface area (Å²) in [6.45, 7) is 0.610. The molecule has 1 atom stereocenters. The number of benzene rings is 1. The third-order valence-electron chi connectivity index (χ3n) is 3.52. The molecule has 1 aliphatic rings. The quantitative estimate of drug-likeness (QED) is 0.906. The molecule has 2 heterocycles. The summed E-state index contributed by atoms with van der Waals surface area (Å²) in [6, 6.07) is 9.38. The molecule has 0 saturated carbocycles. The number of carbonyl (C=O) groups excluding carboxylic acids is 1. The van der Waals surface area contributed by atoms with Crippen LogP contribution < -0.4 is 0 Å². The zero-order chi connectivity index (χ0) is 15.5. The second-order valence-electron chi connectivity index (χ2n) is 4.93. The van der Waals surface area contributed by atoms with Gasteiger partial charge in [0.05, 0.1) is 25.7 Å². The Morgan fingerprint density at radius 3 is 2.77 bits per heavy atom. The van der Waals surface area contributed by atoms with Gasteiger partial charge in [0.2, 0.25) is 0 Å². The topological polar surface area (TPSA) is 84.7 Å². The van der Waals surface area contributed by atoms with Crippen LogP contribution in [0.3, 0.4) is 0 Å². The number of aromatic nitrogens is 2. The van der Waals surface area contributed by atoms with Crippen molar-refractivity contribution in [3.8, 4) is 5.69 Å². The van der Waals surface area contributed by atoms with Crippen molar-refractivity contribution in [3.63, 3.8) is 0 Å². The van der Waals surface area contributed by atoms with Gasteiger partial charge in [-0.05, 0) is 12.1 Å². The van der Waals surface area contributed by atoms with E-state index in [1.165, 1.54) is 11.1 Å². The maximum Gasteiger partial charge on any atom is 0.334 e. The molecule has 114 valence electrons. The molecule has 7 heteroatoms. The van der Waals surface area contributed by atoms with E-state index in [9.17, 15) is 9.59 Å². The molecular weight excluding hydrogens is 286 g/mol. The average Bonchev–Trinajstić information content (AvgIpc) is 3.04. The smallest absolute Gasteiger partial charge is 0.334 e. The van der Waals surface area contributed by atoms with Gasteiger partial charge in [-0.15, -0.1) is 0 Å². The molecule has 7 nitrogen and oxygen atoms in total. The lowest BCUT2D eigenvalue weighted by molar-refractivity contribution is -0.154. The standard InChI is InChI=1S/C15H15N3O4/c19-14(17-6-7-22-13(9-17)15(20)21)12-8-16-10-18(12)11-4-2-1-3-5-11/h1-5,8,10,13H,6-7,9H2,(H,20,21)/t13-/m1/s1. The molecule has 3 rings (SSSR count). The minimum Gasteiger partial charge on any atom is -0.479 e. The SMILES string of the molecule is O=C(O)[C@H]1CN(C(=O)c2cncn2-c2ccccc2)CCO1. The third kappa shape index (κ3) is 2.71. The summed E-state index contributed by atoms with van der Waals surface area (Å²) in [7, 11) is 0. The van der Waals surface area contributed by atoms with E-state index in [2.05, 4.69) is 4.98 Å². The minimum atomic E-state index is -1.06. The number of imidazole rings is 1. The first-order valence-corrected chi connectivity index (χ1v) is 6.88. The first-order valence-electron chi connectivity index (χ1n) is 6.88. The van der Waals surface area contributed by atoms with Crippen LogP contribution in [0, 0.1) is 0 Å². The van der Waals surface area contributed by atoms with Crippen LogP contribution in [-0.2, 0) is 9.53 Å². The summed E-state index contributed by atoms with van der Waals surface area (Å²) in [6.07, 6.45) is 2.07. The number of carboxylic acid groups (broad SMARTS) is 1. The van der Waals surface area contributed by atoms with Gasteiger partial charge < -0.3 is 14.7 Å². The number of hydrogen-bond donors (Lipinski definition) is 1. The second-order valence-corrected chi connectivity index (χ2v) is 4.93. The van der Waals surface area contributed by atoms with Crippen molar-refractivity contribution >= 4 is 11.9 Å². The van der Waals surface area contributed by atoms with Gasteiger partial charge in [0.1, 0.15) is 5.69 Å². The number of nitrogens with zero attached hydrogens (tertiary/aromatic N) is 3. The van der Waals surface area contributed by atoms with Gasteiger partial charge in [-0.1, -0.05) is 18.2 Å². The number of carboxylic acids is 1. The second kappa shape index (κ2) is 5.98. The zero-order valence-corrected chi connectivity index (χ0v) is 11.8. The van der Waals surface area contributed by atoms with Crippen molar-refractivity contribution in [2.75, 3.05) is 19.7 Å². The largest absolute Gasteiger partial charge is 0.479 e. The van der Waals surface area contributed by atoms with E-state index in [1.807, 2.05) is 30.3 Å². The maximum atomic E-state index is 12.6. The molecule has 1 saturated heterocycles. The summed E-state index contributed by atoms with van der Waals surface area (Å²) < 4.78 is 6.82. The van der Waals surface area contributed by atoms with E-state index in [4.69, 9.17) is 9.84 Å². The summed E-state index contributed by atoms with van der Waals surface area (Å²) in [5, 5.41) is 9.02. The number of rotatable bonds is 3. The number of carbonyl (C=O) groups is 2. The molecule has 1 aliphatic heterocycles. The Balaban J connectivity index is 1.84. The molecule has 1 aromatic heterocycles. The predicted molar refractivity (Wildman–Crippen MR) is 76.8 cm³/mol. The third-order valence-corrected chi connectivity index (χ3v) is 3.52. The molecule has 1 aromatic carbocycles. The number of ether oxygens (including phenoxy) is 1. The van der Waals surface area contributed by atoms with E-state index < -0.39 is 12.1 Å². The maximum absolute atomic E-state index is 12.6. The monoisotopic (exact) mass is 301 g/mol. The minimum absolute atomic E-state index is 0.0358. The van der Waals surface area contributed by atoms with Crippen LogP contribution in [0.2, 0.25) is 0 Å². The number of para-hydroxylation sites is 1. The highest BCUT2D eigenvalue weighted by Gasteiger charge is 2.30. The molecule has 2 aromatic rings. The van der Waals surface area contributed by atoms with Crippen molar-refractivity contribution in [2.24, 2.45) is 0 Å². The first-order chi connectivity index (χ1) is 10.7. The predicted octanol–water partition coefficient (Wildman–Crippen LogP) is 0.798. The summed E-state index contributed by atoms with van der Waals surface area (Å²) in [5.74, 6) is -1.31. The van der Waals surface area contributed by atoms with Crippen LogP contribution in [0.5, 0.6) is 0 Å². The van der Waals surface area contributed by atoms with Crippen LogP contribution in [-0.4, -0.2) is 57.2 Å². The molecule has 1 fully saturated rings.